The highest BCUT2D eigenvalue weighted by Gasteiger charge is 2.42. The quantitative estimate of drug-likeness (QED) is 0.571. The first-order valence-electron chi connectivity index (χ1n) is 9.96. The Balaban J connectivity index is 1.60. The lowest BCUT2D eigenvalue weighted by molar-refractivity contribution is 0.0884. The third-order valence-corrected chi connectivity index (χ3v) is 5.79. The Morgan fingerprint density at radius 1 is 1.17 bits per heavy atom. The summed E-state index contributed by atoms with van der Waals surface area (Å²) < 4.78 is 7.64. The van der Waals surface area contributed by atoms with E-state index in [1.54, 1.807) is 17.1 Å². The third kappa shape index (κ3) is 2.92. The minimum atomic E-state index is -0.760. The van der Waals surface area contributed by atoms with Gasteiger partial charge in [0.2, 0.25) is 0 Å². The Bertz CT molecular complexity index is 1250. The Morgan fingerprint density at radius 3 is 2.83 bits per heavy atom. The van der Waals surface area contributed by atoms with Gasteiger partial charge in [0.05, 0.1) is 18.3 Å². The van der Waals surface area contributed by atoms with E-state index in [1.165, 1.54) is 0 Å². The number of carbonyl (C=O) groups is 1. The summed E-state index contributed by atoms with van der Waals surface area (Å²) in [6.07, 6.45) is 4.11. The molecule has 30 heavy (non-hydrogen) atoms. The van der Waals surface area contributed by atoms with E-state index >= 15 is 0 Å². The molecule has 1 aliphatic rings. The van der Waals surface area contributed by atoms with Crippen LogP contribution in [0.25, 0.3) is 10.9 Å². The molecule has 1 atom stereocenters. The number of nitrogens with one attached hydrogen (secondary N) is 1. The fourth-order valence-corrected chi connectivity index (χ4v) is 4.14. The number of hydrogen-bond donors (Lipinski definition) is 1. The maximum Gasteiger partial charge on any atom is 0.252 e. The Morgan fingerprint density at radius 2 is 2.00 bits per heavy atom. The summed E-state index contributed by atoms with van der Waals surface area (Å²) in [5.74, 6) is 0.548. The summed E-state index contributed by atoms with van der Waals surface area (Å²) >= 11 is 0. The number of pyridine rings is 1. The standard InChI is InChI=1S/C24H22N4O2/c1-16-5-8-19(9-6-16)24(11-13-30-21-4-3-12-25-22(21)24)27-23(29)17-7-10-20-18(14-17)15-26-28(20)2/h3-10,12,14-15H,11,13H2,1-2H3,(H,27,29)/t24-/m0/s1. The fourth-order valence-electron chi connectivity index (χ4n) is 4.14. The molecular formula is C24H22N4O2. The molecule has 1 aliphatic heterocycles. The lowest BCUT2D eigenvalue weighted by Gasteiger charge is -2.39. The monoisotopic (exact) mass is 398 g/mol. The summed E-state index contributed by atoms with van der Waals surface area (Å²) in [4.78, 5) is 18.0. The van der Waals surface area contributed by atoms with Gasteiger partial charge >= 0.3 is 0 Å². The molecule has 150 valence electrons. The molecule has 6 heteroatoms. The molecule has 0 aliphatic carbocycles. The van der Waals surface area contributed by atoms with Gasteiger partial charge in [0.1, 0.15) is 17.0 Å². The zero-order valence-corrected chi connectivity index (χ0v) is 16.9. The predicted molar refractivity (Wildman–Crippen MR) is 114 cm³/mol. The number of hydrogen-bond acceptors (Lipinski definition) is 4. The minimum Gasteiger partial charge on any atom is -0.491 e. The number of carbonyl (C=O) groups excluding carboxylic acids is 1. The summed E-state index contributed by atoms with van der Waals surface area (Å²) in [5, 5.41) is 8.50. The average molecular weight is 398 g/mol. The molecule has 0 spiro atoms. The van der Waals surface area contributed by atoms with E-state index in [4.69, 9.17) is 4.74 Å². The topological polar surface area (TPSA) is 69.0 Å². The molecule has 0 radical (unpaired) electrons. The van der Waals surface area contributed by atoms with E-state index in [9.17, 15) is 4.79 Å². The normalized spacial score (nSPS) is 17.9. The van der Waals surface area contributed by atoms with E-state index in [0.29, 0.717) is 24.3 Å². The highest BCUT2D eigenvalue weighted by Crippen LogP contribution is 2.40. The average Bonchev–Trinajstić information content (AvgIpc) is 3.14. The van der Waals surface area contributed by atoms with Gasteiger partial charge < -0.3 is 10.1 Å². The first-order valence-corrected chi connectivity index (χ1v) is 9.96. The van der Waals surface area contributed by atoms with Crippen LogP contribution in [-0.4, -0.2) is 27.3 Å². The number of ether oxygens (including phenoxy) is 1. The smallest absolute Gasteiger partial charge is 0.252 e. The van der Waals surface area contributed by atoms with Crippen LogP contribution in [0, 0.1) is 6.92 Å². The minimum absolute atomic E-state index is 0.153. The number of rotatable bonds is 3. The van der Waals surface area contributed by atoms with E-state index in [0.717, 1.165) is 27.7 Å². The van der Waals surface area contributed by atoms with Gasteiger partial charge in [-0.2, -0.15) is 5.10 Å². The lowest BCUT2D eigenvalue weighted by atomic mass is 9.81. The molecular weight excluding hydrogens is 376 g/mol. The van der Waals surface area contributed by atoms with E-state index in [2.05, 4.69) is 39.7 Å². The van der Waals surface area contributed by atoms with Gasteiger partial charge in [-0.25, -0.2) is 0 Å². The number of fused-ring (bicyclic) bond motifs is 2. The van der Waals surface area contributed by atoms with Crippen molar-refractivity contribution in [2.24, 2.45) is 7.05 Å². The molecule has 3 heterocycles. The maximum atomic E-state index is 13.4. The van der Waals surface area contributed by atoms with Crippen LogP contribution in [0.4, 0.5) is 0 Å². The third-order valence-electron chi connectivity index (χ3n) is 5.79. The van der Waals surface area contributed by atoms with E-state index < -0.39 is 5.54 Å². The van der Waals surface area contributed by atoms with Gasteiger partial charge in [-0.05, 0) is 42.8 Å². The molecule has 0 saturated carbocycles. The Kier molecular flexibility index (Phi) is 4.28. The number of benzene rings is 2. The molecule has 0 saturated heterocycles. The highest BCUT2D eigenvalue weighted by molar-refractivity contribution is 5.98. The van der Waals surface area contributed by atoms with Gasteiger partial charge in [0, 0.05) is 30.6 Å². The van der Waals surface area contributed by atoms with Gasteiger partial charge in [-0.15, -0.1) is 0 Å². The number of nitrogens with zero attached hydrogens (tertiary/aromatic N) is 3. The molecule has 4 aromatic rings. The van der Waals surface area contributed by atoms with Crippen LogP contribution in [0.2, 0.25) is 0 Å². The first-order chi connectivity index (χ1) is 14.6. The molecule has 1 amide bonds. The summed E-state index contributed by atoms with van der Waals surface area (Å²) in [7, 11) is 1.89. The Hall–Kier alpha value is -3.67. The second-order valence-corrected chi connectivity index (χ2v) is 7.72. The van der Waals surface area contributed by atoms with Crippen molar-refractivity contribution in [3.05, 3.63) is 89.4 Å². The predicted octanol–water partition coefficient (Wildman–Crippen LogP) is 3.73. The molecule has 2 aromatic heterocycles. The van der Waals surface area contributed by atoms with Crippen LogP contribution < -0.4 is 10.1 Å². The first kappa shape index (κ1) is 18.4. The van der Waals surface area contributed by atoms with Crippen LogP contribution in [-0.2, 0) is 12.6 Å². The molecule has 1 N–H and O–H groups in total. The van der Waals surface area contributed by atoms with Crippen molar-refractivity contribution in [3.8, 4) is 5.75 Å². The van der Waals surface area contributed by atoms with Crippen LogP contribution in [0.3, 0.4) is 0 Å². The summed E-state index contributed by atoms with van der Waals surface area (Å²) in [5.41, 5.74) is 3.70. The zero-order chi connectivity index (χ0) is 20.7. The molecule has 5 rings (SSSR count). The van der Waals surface area contributed by atoms with Crippen LogP contribution in [0.5, 0.6) is 5.75 Å². The van der Waals surface area contributed by atoms with Crippen LogP contribution >= 0.6 is 0 Å². The zero-order valence-electron chi connectivity index (χ0n) is 16.9. The van der Waals surface area contributed by atoms with Crippen molar-refractivity contribution in [2.45, 2.75) is 18.9 Å². The van der Waals surface area contributed by atoms with Gasteiger partial charge in [0.25, 0.3) is 5.91 Å². The van der Waals surface area contributed by atoms with Crippen molar-refractivity contribution in [1.29, 1.82) is 0 Å². The van der Waals surface area contributed by atoms with Gasteiger partial charge in [-0.3, -0.25) is 14.5 Å². The SMILES string of the molecule is Cc1ccc([C@@]2(NC(=O)c3ccc4c(cnn4C)c3)CCOc3cccnc32)cc1. The maximum absolute atomic E-state index is 13.4. The number of aromatic nitrogens is 3. The van der Waals surface area contributed by atoms with Gasteiger partial charge in [0.15, 0.2) is 0 Å². The Labute approximate surface area is 174 Å². The molecule has 0 bridgehead atoms. The van der Waals surface area contributed by atoms with Crippen molar-refractivity contribution in [1.82, 2.24) is 20.1 Å². The summed E-state index contributed by atoms with van der Waals surface area (Å²) in [6, 6.07) is 17.6. The molecule has 2 aromatic carbocycles. The fraction of sp³-hybridized carbons (Fsp3) is 0.208. The van der Waals surface area contributed by atoms with Crippen LogP contribution in [0.1, 0.15) is 33.6 Å². The van der Waals surface area contributed by atoms with Crippen molar-refractivity contribution < 1.29 is 9.53 Å². The van der Waals surface area contributed by atoms with Crippen LogP contribution in [0.15, 0.2) is 67.0 Å². The molecule has 0 fully saturated rings. The van der Waals surface area contributed by atoms with Crippen molar-refractivity contribution in [2.75, 3.05) is 6.61 Å². The van der Waals surface area contributed by atoms with E-state index in [1.807, 2.05) is 44.3 Å². The summed E-state index contributed by atoms with van der Waals surface area (Å²) in [6.45, 7) is 2.54. The second kappa shape index (κ2) is 6.99. The largest absolute Gasteiger partial charge is 0.491 e. The number of aryl methyl sites for hydroxylation is 2. The highest BCUT2D eigenvalue weighted by atomic mass is 16.5. The van der Waals surface area contributed by atoms with Gasteiger partial charge in [-0.1, -0.05) is 29.8 Å². The second-order valence-electron chi connectivity index (χ2n) is 7.72. The van der Waals surface area contributed by atoms with Crippen molar-refractivity contribution in [3.63, 3.8) is 0 Å². The van der Waals surface area contributed by atoms with Crippen molar-refractivity contribution >= 4 is 16.8 Å². The van der Waals surface area contributed by atoms with E-state index in [-0.39, 0.29) is 5.91 Å². The molecule has 6 nitrogen and oxygen atoms in total. The molecule has 0 unspecified atom stereocenters. The lowest BCUT2D eigenvalue weighted by Crippen LogP contribution is -2.50. The number of amides is 1.